The maximum Gasteiger partial charge on any atom is 0.259 e. The SMILES string of the molecule is CCCCOc1ccc(/C=C(/C#N)c2nc3ccccc3c(=O)[nH]2)cc1OC. The van der Waals surface area contributed by atoms with E-state index in [4.69, 9.17) is 9.47 Å². The van der Waals surface area contributed by atoms with Gasteiger partial charge in [0.2, 0.25) is 0 Å². The summed E-state index contributed by atoms with van der Waals surface area (Å²) in [6.45, 7) is 2.72. The monoisotopic (exact) mass is 375 g/mol. The Balaban J connectivity index is 1.97. The smallest absolute Gasteiger partial charge is 0.259 e. The van der Waals surface area contributed by atoms with Crippen LogP contribution in [0, 0.1) is 11.3 Å². The average Bonchev–Trinajstić information content (AvgIpc) is 2.72. The molecule has 142 valence electrons. The van der Waals surface area contributed by atoms with Crippen LogP contribution in [-0.2, 0) is 0 Å². The van der Waals surface area contributed by atoms with Crippen LogP contribution in [0.5, 0.6) is 11.5 Å². The number of rotatable bonds is 7. The molecule has 2 aromatic carbocycles. The first-order chi connectivity index (χ1) is 13.7. The summed E-state index contributed by atoms with van der Waals surface area (Å²) in [4.78, 5) is 19.4. The fourth-order valence-corrected chi connectivity index (χ4v) is 2.75. The molecule has 0 aliphatic rings. The number of aromatic nitrogens is 2. The molecule has 0 unspecified atom stereocenters. The van der Waals surface area contributed by atoms with Crippen molar-refractivity contribution in [3.8, 4) is 17.6 Å². The van der Waals surface area contributed by atoms with Crippen LogP contribution in [0.15, 0.2) is 47.3 Å². The minimum absolute atomic E-state index is 0.230. The highest BCUT2D eigenvalue weighted by molar-refractivity contribution is 5.89. The molecular formula is C22H21N3O3. The number of nitrogens with one attached hydrogen (secondary N) is 1. The number of hydrogen-bond donors (Lipinski definition) is 1. The van der Waals surface area contributed by atoms with E-state index in [0.29, 0.717) is 29.0 Å². The maximum absolute atomic E-state index is 12.3. The van der Waals surface area contributed by atoms with Gasteiger partial charge in [-0.25, -0.2) is 4.98 Å². The molecule has 6 heteroatoms. The molecule has 0 aliphatic heterocycles. The maximum atomic E-state index is 12.3. The highest BCUT2D eigenvalue weighted by Gasteiger charge is 2.10. The van der Waals surface area contributed by atoms with Crippen molar-refractivity contribution in [3.63, 3.8) is 0 Å². The van der Waals surface area contributed by atoms with Crippen LogP contribution in [0.2, 0.25) is 0 Å². The average molecular weight is 375 g/mol. The molecule has 1 N–H and O–H groups in total. The first-order valence-electron chi connectivity index (χ1n) is 9.08. The van der Waals surface area contributed by atoms with Gasteiger partial charge in [-0.1, -0.05) is 31.5 Å². The molecule has 3 aromatic rings. The van der Waals surface area contributed by atoms with Crippen molar-refractivity contribution in [2.24, 2.45) is 0 Å². The number of unbranched alkanes of at least 4 members (excludes halogenated alkanes) is 1. The molecule has 0 atom stereocenters. The number of aromatic amines is 1. The summed E-state index contributed by atoms with van der Waals surface area (Å²) in [5, 5.41) is 10.1. The Morgan fingerprint density at radius 3 is 2.82 bits per heavy atom. The van der Waals surface area contributed by atoms with Gasteiger partial charge in [0.15, 0.2) is 17.3 Å². The van der Waals surface area contributed by atoms with E-state index in [1.165, 1.54) is 0 Å². The Morgan fingerprint density at radius 2 is 2.07 bits per heavy atom. The van der Waals surface area contributed by atoms with Crippen molar-refractivity contribution in [1.82, 2.24) is 9.97 Å². The number of methoxy groups -OCH3 is 1. The second kappa shape index (κ2) is 8.87. The number of benzene rings is 2. The number of allylic oxidation sites excluding steroid dienone is 1. The molecule has 1 aromatic heterocycles. The second-order valence-corrected chi connectivity index (χ2v) is 6.21. The van der Waals surface area contributed by atoms with Crippen molar-refractivity contribution in [2.45, 2.75) is 19.8 Å². The third-order valence-electron chi connectivity index (χ3n) is 4.24. The predicted octanol–water partition coefficient (Wildman–Crippen LogP) is 4.17. The van der Waals surface area contributed by atoms with Crippen LogP contribution in [0.25, 0.3) is 22.6 Å². The molecule has 1 heterocycles. The van der Waals surface area contributed by atoms with E-state index in [-0.39, 0.29) is 17.0 Å². The lowest BCUT2D eigenvalue weighted by atomic mass is 10.1. The molecule has 6 nitrogen and oxygen atoms in total. The minimum atomic E-state index is -0.279. The van der Waals surface area contributed by atoms with Crippen LogP contribution in [0.1, 0.15) is 31.2 Å². The van der Waals surface area contributed by atoms with E-state index in [1.807, 2.05) is 12.1 Å². The van der Waals surface area contributed by atoms with Gasteiger partial charge in [0.1, 0.15) is 6.07 Å². The predicted molar refractivity (Wildman–Crippen MR) is 109 cm³/mol. The molecular weight excluding hydrogens is 354 g/mol. The number of fused-ring (bicyclic) bond motifs is 1. The minimum Gasteiger partial charge on any atom is -0.493 e. The Bertz CT molecular complexity index is 1110. The van der Waals surface area contributed by atoms with Crippen LogP contribution in [0.3, 0.4) is 0 Å². The number of hydrogen-bond acceptors (Lipinski definition) is 5. The fourth-order valence-electron chi connectivity index (χ4n) is 2.75. The van der Waals surface area contributed by atoms with Crippen molar-refractivity contribution in [3.05, 3.63) is 64.2 Å². The molecule has 0 bridgehead atoms. The second-order valence-electron chi connectivity index (χ2n) is 6.21. The van der Waals surface area contributed by atoms with Crippen molar-refractivity contribution < 1.29 is 9.47 Å². The van der Waals surface area contributed by atoms with E-state index >= 15 is 0 Å². The lowest BCUT2D eigenvalue weighted by Gasteiger charge is -2.11. The largest absolute Gasteiger partial charge is 0.493 e. The fraction of sp³-hybridized carbons (Fsp3) is 0.227. The van der Waals surface area contributed by atoms with E-state index in [9.17, 15) is 10.1 Å². The van der Waals surface area contributed by atoms with Gasteiger partial charge in [-0.2, -0.15) is 5.26 Å². The summed E-state index contributed by atoms with van der Waals surface area (Å²) in [7, 11) is 1.57. The molecule has 0 amide bonds. The zero-order valence-corrected chi connectivity index (χ0v) is 15.9. The highest BCUT2D eigenvalue weighted by Crippen LogP contribution is 2.29. The van der Waals surface area contributed by atoms with Crippen LogP contribution >= 0.6 is 0 Å². The van der Waals surface area contributed by atoms with Gasteiger partial charge in [0.25, 0.3) is 5.56 Å². The molecule has 3 rings (SSSR count). The quantitative estimate of drug-likeness (QED) is 0.494. The normalized spacial score (nSPS) is 11.2. The number of nitriles is 1. The summed E-state index contributed by atoms with van der Waals surface area (Å²) in [5.74, 6) is 1.47. The summed E-state index contributed by atoms with van der Waals surface area (Å²) < 4.78 is 11.1. The lowest BCUT2D eigenvalue weighted by molar-refractivity contribution is 0.288. The van der Waals surface area contributed by atoms with Crippen LogP contribution in [0.4, 0.5) is 0 Å². The number of para-hydroxylation sites is 1. The molecule has 0 saturated carbocycles. The summed E-state index contributed by atoms with van der Waals surface area (Å²) >= 11 is 0. The van der Waals surface area contributed by atoms with Crippen LogP contribution < -0.4 is 15.0 Å². The summed E-state index contributed by atoms with van der Waals surface area (Å²) in [6.07, 6.45) is 3.67. The first-order valence-corrected chi connectivity index (χ1v) is 9.08. The van der Waals surface area contributed by atoms with Crippen molar-refractivity contribution in [1.29, 1.82) is 5.26 Å². The number of ether oxygens (including phenoxy) is 2. The number of H-pyrrole nitrogens is 1. The topological polar surface area (TPSA) is 88.0 Å². The van der Waals surface area contributed by atoms with Gasteiger partial charge in [0.05, 0.1) is 30.2 Å². The highest BCUT2D eigenvalue weighted by atomic mass is 16.5. The van der Waals surface area contributed by atoms with Gasteiger partial charge in [0, 0.05) is 0 Å². The van der Waals surface area contributed by atoms with Gasteiger partial charge < -0.3 is 14.5 Å². The standard InChI is InChI=1S/C22H21N3O3/c1-3-4-11-28-19-10-9-15(13-20(19)27-2)12-16(14-23)21-24-18-8-6-5-7-17(18)22(26)25-21/h5-10,12-13H,3-4,11H2,1-2H3,(H,24,25,26)/b16-12-. The van der Waals surface area contributed by atoms with Crippen LogP contribution in [-0.4, -0.2) is 23.7 Å². The van der Waals surface area contributed by atoms with E-state index in [0.717, 1.165) is 18.4 Å². The summed E-state index contributed by atoms with van der Waals surface area (Å²) in [6, 6.07) is 14.6. The van der Waals surface area contributed by atoms with Gasteiger partial charge >= 0.3 is 0 Å². The Kier molecular flexibility index (Phi) is 6.07. The Hall–Kier alpha value is -3.59. The summed E-state index contributed by atoms with van der Waals surface area (Å²) in [5.41, 5.74) is 1.26. The molecule has 0 fully saturated rings. The Labute approximate surface area is 163 Å². The molecule has 0 aliphatic carbocycles. The zero-order valence-electron chi connectivity index (χ0n) is 15.9. The van der Waals surface area contributed by atoms with Gasteiger partial charge in [-0.05, 0) is 42.3 Å². The van der Waals surface area contributed by atoms with E-state index < -0.39 is 0 Å². The molecule has 0 spiro atoms. The van der Waals surface area contributed by atoms with Gasteiger partial charge in [-0.15, -0.1) is 0 Å². The van der Waals surface area contributed by atoms with Crippen molar-refractivity contribution >= 4 is 22.6 Å². The zero-order chi connectivity index (χ0) is 19.9. The Morgan fingerprint density at radius 1 is 1.25 bits per heavy atom. The third kappa shape index (κ3) is 4.21. The molecule has 0 saturated heterocycles. The number of nitrogens with zero attached hydrogens (tertiary/aromatic N) is 2. The van der Waals surface area contributed by atoms with Gasteiger partial charge in [-0.3, -0.25) is 4.79 Å². The third-order valence-corrected chi connectivity index (χ3v) is 4.24. The van der Waals surface area contributed by atoms with Crippen molar-refractivity contribution in [2.75, 3.05) is 13.7 Å². The lowest BCUT2D eigenvalue weighted by Crippen LogP contribution is -2.11. The first kappa shape index (κ1) is 19.2. The van der Waals surface area contributed by atoms with E-state index in [1.54, 1.807) is 43.5 Å². The van der Waals surface area contributed by atoms with E-state index in [2.05, 4.69) is 23.0 Å². The molecule has 0 radical (unpaired) electrons. The molecule has 28 heavy (non-hydrogen) atoms.